The summed E-state index contributed by atoms with van der Waals surface area (Å²) < 4.78 is 15.7. The molecule has 2 nitrogen and oxygen atoms in total. The van der Waals surface area contributed by atoms with Crippen molar-refractivity contribution in [1.29, 1.82) is 0 Å². The minimum absolute atomic E-state index is 0.215. The first-order valence-corrected chi connectivity index (χ1v) is 6.39. The molecule has 3 aromatic rings. The van der Waals surface area contributed by atoms with E-state index in [1.54, 1.807) is 12.1 Å². The fraction of sp³-hybridized carbons (Fsp3) is 0.0714. The summed E-state index contributed by atoms with van der Waals surface area (Å²) in [6, 6.07) is 12.5. The lowest BCUT2D eigenvalue weighted by atomic mass is 10.1. The SMILES string of the molecule is Fc1ccc(Cc2nc(Br)c3ccccn23)cc1. The Morgan fingerprint density at radius 1 is 1.11 bits per heavy atom. The molecule has 0 aliphatic rings. The van der Waals surface area contributed by atoms with Crippen molar-refractivity contribution in [2.75, 3.05) is 0 Å². The van der Waals surface area contributed by atoms with E-state index in [4.69, 9.17) is 0 Å². The predicted octanol–water partition coefficient (Wildman–Crippen LogP) is 3.83. The summed E-state index contributed by atoms with van der Waals surface area (Å²) in [6.45, 7) is 0. The summed E-state index contributed by atoms with van der Waals surface area (Å²) in [6.07, 6.45) is 2.66. The number of hydrogen-bond donors (Lipinski definition) is 0. The molecule has 0 atom stereocenters. The molecule has 0 amide bonds. The molecule has 0 saturated carbocycles. The summed E-state index contributed by atoms with van der Waals surface area (Å²) in [5, 5.41) is 0. The minimum atomic E-state index is -0.215. The van der Waals surface area contributed by atoms with Gasteiger partial charge in [-0.2, -0.15) is 0 Å². The Kier molecular flexibility index (Phi) is 2.88. The highest BCUT2D eigenvalue weighted by Crippen LogP contribution is 2.20. The molecule has 2 aromatic heterocycles. The van der Waals surface area contributed by atoms with Crippen LogP contribution in [-0.4, -0.2) is 9.38 Å². The van der Waals surface area contributed by atoms with Gasteiger partial charge in [-0.15, -0.1) is 0 Å². The molecule has 2 heterocycles. The Bertz CT molecular complexity index is 689. The van der Waals surface area contributed by atoms with Crippen molar-refractivity contribution in [2.45, 2.75) is 6.42 Å². The molecule has 3 rings (SSSR count). The average molecular weight is 305 g/mol. The van der Waals surface area contributed by atoms with E-state index in [2.05, 4.69) is 20.9 Å². The number of rotatable bonds is 2. The van der Waals surface area contributed by atoms with Crippen LogP contribution in [0.2, 0.25) is 0 Å². The first-order valence-electron chi connectivity index (χ1n) is 5.60. The summed E-state index contributed by atoms with van der Waals surface area (Å²) in [5.41, 5.74) is 2.08. The summed E-state index contributed by atoms with van der Waals surface area (Å²) in [7, 11) is 0. The molecule has 4 heteroatoms. The van der Waals surface area contributed by atoms with Crippen molar-refractivity contribution in [3.05, 3.63) is 70.5 Å². The lowest BCUT2D eigenvalue weighted by Crippen LogP contribution is -1.95. The molecular formula is C14H10BrFN2. The Labute approximate surface area is 112 Å². The molecule has 0 saturated heterocycles. The summed E-state index contributed by atoms with van der Waals surface area (Å²) >= 11 is 3.45. The molecule has 0 aliphatic carbocycles. The van der Waals surface area contributed by atoms with Crippen molar-refractivity contribution in [3.63, 3.8) is 0 Å². The fourth-order valence-electron chi connectivity index (χ4n) is 1.97. The van der Waals surface area contributed by atoms with Gasteiger partial charge in [-0.25, -0.2) is 9.37 Å². The number of pyridine rings is 1. The van der Waals surface area contributed by atoms with Crippen LogP contribution >= 0.6 is 15.9 Å². The first-order chi connectivity index (χ1) is 8.74. The Morgan fingerprint density at radius 3 is 2.67 bits per heavy atom. The molecule has 0 bridgehead atoms. The second-order valence-corrected chi connectivity index (χ2v) is 4.83. The third-order valence-corrected chi connectivity index (χ3v) is 3.44. The van der Waals surface area contributed by atoms with E-state index < -0.39 is 0 Å². The second-order valence-electron chi connectivity index (χ2n) is 4.08. The van der Waals surface area contributed by atoms with Crippen molar-refractivity contribution in [1.82, 2.24) is 9.38 Å². The molecular weight excluding hydrogens is 295 g/mol. The summed E-state index contributed by atoms with van der Waals surface area (Å²) in [4.78, 5) is 4.49. The second kappa shape index (κ2) is 4.53. The number of benzene rings is 1. The van der Waals surface area contributed by atoms with Gasteiger partial charge in [0.2, 0.25) is 0 Å². The highest BCUT2D eigenvalue weighted by atomic mass is 79.9. The van der Waals surface area contributed by atoms with Gasteiger partial charge in [-0.05, 0) is 45.8 Å². The number of imidazole rings is 1. The van der Waals surface area contributed by atoms with Crippen LogP contribution in [0.15, 0.2) is 53.3 Å². The third kappa shape index (κ3) is 2.04. The molecule has 0 N–H and O–H groups in total. The van der Waals surface area contributed by atoms with Crippen LogP contribution in [0, 0.1) is 5.82 Å². The van der Waals surface area contributed by atoms with Gasteiger partial charge in [-0.3, -0.25) is 0 Å². The number of fused-ring (bicyclic) bond motifs is 1. The van der Waals surface area contributed by atoms with Gasteiger partial charge in [0.05, 0.1) is 5.52 Å². The van der Waals surface area contributed by atoms with Gasteiger partial charge in [0.25, 0.3) is 0 Å². The average Bonchev–Trinajstić information content (AvgIpc) is 2.70. The van der Waals surface area contributed by atoms with Crippen LogP contribution < -0.4 is 0 Å². The molecule has 0 aliphatic heterocycles. The topological polar surface area (TPSA) is 17.3 Å². The zero-order valence-electron chi connectivity index (χ0n) is 9.48. The lowest BCUT2D eigenvalue weighted by Gasteiger charge is -2.01. The van der Waals surface area contributed by atoms with E-state index in [0.29, 0.717) is 6.42 Å². The normalized spacial score (nSPS) is 11.0. The Hall–Kier alpha value is -1.68. The van der Waals surface area contributed by atoms with Crippen molar-refractivity contribution >= 4 is 21.4 Å². The third-order valence-electron chi connectivity index (χ3n) is 2.85. The number of hydrogen-bond acceptors (Lipinski definition) is 1. The zero-order valence-corrected chi connectivity index (χ0v) is 11.1. The van der Waals surface area contributed by atoms with Crippen molar-refractivity contribution < 1.29 is 4.39 Å². The summed E-state index contributed by atoms with van der Waals surface area (Å²) in [5.74, 6) is 0.719. The molecule has 90 valence electrons. The first kappa shape index (κ1) is 11.4. The van der Waals surface area contributed by atoms with E-state index in [1.807, 2.05) is 28.8 Å². The van der Waals surface area contributed by atoms with E-state index in [9.17, 15) is 4.39 Å². The Morgan fingerprint density at radius 2 is 1.89 bits per heavy atom. The van der Waals surface area contributed by atoms with Crippen molar-refractivity contribution in [3.8, 4) is 0 Å². The molecule has 0 radical (unpaired) electrons. The Balaban J connectivity index is 2.02. The van der Waals surface area contributed by atoms with Gasteiger partial charge in [0.1, 0.15) is 16.2 Å². The largest absolute Gasteiger partial charge is 0.302 e. The maximum atomic E-state index is 12.9. The van der Waals surface area contributed by atoms with Gasteiger partial charge in [0, 0.05) is 12.6 Å². The van der Waals surface area contributed by atoms with E-state index in [1.165, 1.54) is 12.1 Å². The smallest absolute Gasteiger partial charge is 0.132 e. The van der Waals surface area contributed by atoms with Gasteiger partial charge < -0.3 is 4.40 Å². The molecule has 0 spiro atoms. The van der Waals surface area contributed by atoms with E-state index in [-0.39, 0.29) is 5.82 Å². The van der Waals surface area contributed by atoms with Crippen LogP contribution in [0.3, 0.4) is 0 Å². The van der Waals surface area contributed by atoms with Crippen molar-refractivity contribution in [2.24, 2.45) is 0 Å². The van der Waals surface area contributed by atoms with E-state index in [0.717, 1.165) is 21.5 Å². The van der Waals surface area contributed by atoms with Crippen LogP contribution in [-0.2, 0) is 6.42 Å². The number of aromatic nitrogens is 2. The van der Waals surface area contributed by atoms with Crippen LogP contribution in [0.4, 0.5) is 4.39 Å². The molecule has 18 heavy (non-hydrogen) atoms. The predicted molar refractivity (Wildman–Crippen MR) is 72.1 cm³/mol. The van der Waals surface area contributed by atoms with Gasteiger partial charge in [-0.1, -0.05) is 18.2 Å². The van der Waals surface area contributed by atoms with E-state index >= 15 is 0 Å². The quantitative estimate of drug-likeness (QED) is 0.703. The minimum Gasteiger partial charge on any atom is -0.302 e. The van der Waals surface area contributed by atoms with Gasteiger partial charge in [0.15, 0.2) is 0 Å². The zero-order chi connectivity index (χ0) is 12.5. The fourth-order valence-corrected chi connectivity index (χ4v) is 2.50. The molecule has 0 fully saturated rings. The van der Waals surface area contributed by atoms with Gasteiger partial charge >= 0.3 is 0 Å². The lowest BCUT2D eigenvalue weighted by molar-refractivity contribution is 0.627. The van der Waals surface area contributed by atoms with Crippen LogP contribution in [0.25, 0.3) is 5.52 Å². The van der Waals surface area contributed by atoms with Crippen LogP contribution in [0.1, 0.15) is 11.4 Å². The highest BCUT2D eigenvalue weighted by Gasteiger charge is 2.08. The number of nitrogens with zero attached hydrogens (tertiary/aromatic N) is 2. The van der Waals surface area contributed by atoms with Crippen LogP contribution in [0.5, 0.6) is 0 Å². The monoisotopic (exact) mass is 304 g/mol. The number of halogens is 2. The highest BCUT2D eigenvalue weighted by molar-refractivity contribution is 9.10. The molecule has 0 unspecified atom stereocenters. The maximum absolute atomic E-state index is 12.9. The maximum Gasteiger partial charge on any atom is 0.132 e. The standard InChI is InChI=1S/C14H10BrFN2/c15-14-12-3-1-2-8-18(12)13(17-14)9-10-4-6-11(16)7-5-10/h1-8H,9H2. The molecule has 1 aromatic carbocycles.